The number of halogens is 1. The molecule has 2 rings (SSSR count). The van der Waals surface area contributed by atoms with Crippen LogP contribution < -0.4 is 5.32 Å². The van der Waals surface area contributed by atoms with Crippen LogP contribution in [0.2, 0.25) is 0 Å². The molecule has 106 valence electrons. The Kier molecular flexibility index (Phi) is 6.31. The first-order chi connectivity index (χ1) is 9.28. The van der Waals surface area contributed by atoms with Crippen LogP contribution >= 0.6 is 15.9 Å². The van der Waals surface area contributed by atoms with Gasteiger partial charge in [-0.15, -0.1) is 0 Å². The predicted molar refractivity (Wildman–Crippen MR) is 82.3 cm³/mol. The molecule has 0 aromatic heterocycles. The van der Waals surface area contributed by atoms with Crippen LogP contribution in [0.3, 0.4) is 0 Å². The molecule has 0 radical (unpaired) electrons. The molecule has 1 aromatic carbocycles. The highest BCUT2D eigenvalue weighted by Crippen LogP contribution is 2.14. The number of nitrogens with one attached hydrogen (secondary N) is 1. The van der Waals surface area contributed by atoms with Crippen molar-refractivity contribution in [3.05, 3.63) is 34.3 Å². The van der Waals surface area contributed by atoms with E-state index >= 15 is 0 Å². The van der Waals surface area contributed by atoms with E-state index in [2.05, 4.69) is 50.4 Å². The van der Waals surface area contributed by atoms with Gasteiger partial charge in [-0.2, -0.15) is 0 Å². The molecule has 1 heterocycles. The van der Waals surface area contributed by atoms with Gasteiger partial charge in [-0.3, -0.25) is 4.90 Å². The van der Waals surface area contributed by atoms with Gasteiger partial charge in [0.05, 0.1) is 6.61 Å². The molecule has 1 N–H and O–H groups in total. The minimum absolute atomic E-state index is 0.646. The monoisotopic (exact) mass is 326 g/mol. The molecule has 0 aliphatic carbocycles. The fourth-order valence-electron chi connectivity index (χ4n) is 2.53. The molecule has 1 saturated heterocycles. The molecule has 1 unspecified atom stereocenters. The molecule has 1 aliphatic rings. The van der Waals surface area contributed by atoms with E-state index in [1.807, 2.05) is 0 Å². The van der Waals surface area contributed by atoms with Crippen LogP contribution in [0.25, 0.3) is 0 Å². The van der Waals surface area contributed by atoms with Crippen molar-refractivity contribution in [1.82, 2.24) is 10.2 Å². The lowest BCUT2D eigenvalue weighted by Gasteiger charge is -2.25. The second-order valence-corrected chi connectivity index (χ2v) is 6.06. The van der Waals surface area contributed by atoms with Gasteiger partial charge in [-0.25, -0.2) is 0 Å². The lowest BCUT2D eigenvalue weighted by atomic mass is 10.1. The summed E-state index contributed by atoms with van der Waals surface area (Å²) in [5.74, 6) is 0. The summed E-state index contributed by atoms with van der Waals surface area (Å²) in [5.41, 5.74) is 1.36. The molecule has 0 spiro atoms. The summed E-state index contributed by atoms with van der Waals surface area (Å²) in [6, 6.07) is 9.24. The molecule has 19 heavy (non-hydrogen) atoms. The number of hydrogen-bond acceptors (Lipinski definition) is 3. The summed E-state index contributed by atoms with van der Waals surface area (Å²) in [4.78, 5) is 2.48. The first-order valence-electron chi connectivity index (χ1n) is 6.97. The Labute approximate surface area is 124 Å². The van der Waals surface area contributed by atoms with Crippen molar-refractivity contribution in [2.24, 2.45) is 0 Å². The SMILES string of the molecule is COCCN(Cc1ccc(Br)cc1)CC1CCCN1. The van der Waals surface area contributed by atoms with Gasteiger partial charge in [0.1, 0.15) is 0 Å². The zero-order chi connectivity index (χ0) is 13.5. The maximum atomic E-state index is 5.22. The Morgan fingerprint density at radius 3 is 2.79 bits per heavy atom. The highest BCUT2D eigenvalue weighted by atomic mass is 79.9. The lowest BCUT2D eigenvalue weighted by Crippen LogP contribution is -2.38. The van der Waals surface area contributed by atoms with Crippen molar-refractivity contribution in [3.8, 4) is 0 Å². The van der Waals surface area contributed by atoms with E-state index in [9.17, 15) is 0 Å². The van der Waals surface area contributed by atoms with Gasteiger partial charge < -0.3 is 10.1 Å². The molecule has 3 nitrogen and oxygen atoms in total. The first kappa shape index (κ1) is 15.0. The van der Waals surface area contributed by atoms with Gasteiger partial charge in [0, 0.05) is 37.3 Å². The van der Waals surface area contributed by atoms with E-state index in [-0.39, 0.29) is 0 Å². The number of rotatable bonds is 7. The summed E-state index contributed by atoms with van der Waals surface area (Å²) in [6.45, 7) is 5.06. The smallest absolute Gasteiger partial charge is 0.0589 e. The molecule has 1 aliphatic heterocycles. The molecule has 1 atom stereocenters. The fourth-order valence-corrected chi connectivity index (χ4v) is 2.79. The highest BCUT2D eigenvalue weighted by molar-refractivity contribution is 9.10. The summed E-state index contributed by atoms with van der Waals surface area (Å²) in [7, 11) is 1.77. The van der Waals surface area contributed by atoms with Gasteiger partial charge in [-0.05, 0) is 37.1 Å². The number of benzene rings is 1. The fraction of sp³-hybridized carbons (Fsp3) is 0.600. The lowest BCUT2D eigenvalue weighted by molar-refractivity contribution is 0.138. The third-order valence-corrected chi connectivity index (χ3v) is 4.10. The number of hydrogen-bond donors (Lipinski definition) is 1. The number of methoxy groups -OCH3 is 1. The summed E-state index contributed by atoms with van der Waals surface area (Å²) < 4.78 is 6.36. The number of ether oxygens (including phenoxy) is 1. The van der Waals surface area contributed by atoms with E-state index in [1.54, 1.807) is 7.11 Å². The summed E-state index contributed by atoms with van der Waals surface area (Å²) in [6.07, 6.45) is 2.60. The Hall–Kier alpha value is -0.420. The average Bonchev–Trinajstić information content (AvgIpc) is 2.91. The van der Waals surface area contributed by atoms with Gasteiger partial charge >= 0.3 is 0 Å². The maximum Gasteiger partial charge on any atom is 0.0589 e. The maximum absolute atomic E-state index is 5.22. The van der Waals surface area contributed by atoms with Crippen molar-refractivity contribution in [3.63, 3.8) is 0 Å². The average molecular weight is 327 g/mol. The van der Waals surface area contributed by atoms with E-state index in [0.717, 1.165) is 30.7 Å². The largest absolute Gasteiger partial charge is 0.383 e. The topological polar surface area (TPSA) is 24.5 Å². The molecule has 0 saturated carbocycles. The van der Waals surface area contributed by atoms with Gasteiger partial charge in [0.15, 0.2) is 0 Å². The van der Waals surface area contributed by atoms with Crippen LogP contribution in [0, 0.1) is 0 Å². The first-order valence-corrected chi connectivity index (χ1v) is 7.76. The predicted octanol–water partition coefficient (Wildman–Crippen LogP) is 2.65. The Morgan fingerprint density at radius 2 is 2.16 bits per heavy atom. The van der Waals surface area contributed by atoms with E-state index in [4.69, 9.17) is 4.74 Å². The standard InChI is InChI=1S/C15H23BrN2O/c1-19-10-9-18(12-15-3-2-8-17-15)11-13-4-6-14(16)7-5-13/h4-7,15,17H,2-3,8-12H2,1H3. The third-order valence-electron chi connectivity index (χ3n) is 3.57. The molecular formula is C15H23BrN2O. The van der Waals surface area contributed by atoms with Crippen LogP contribution in [0.1, 0.15) is 18.4 Å². The minimum Gasteiger partial charge on any atom is -0.383 e. The molecule has 4 heteroatoms. The normalized spacial score (nSPS) is 19.2. The van der Waals surface area contributed by atoms with Crippen molar-refractivity contribution >= 4 is 15.9 Å². The quantitative estimate of drug-likeness (QED) is 0.833. The second kappa shape index (κ2) is 8.00. The van der Waals surface area contributed by atoms with Crippen molar-refractivity contribution in [2.45, 2.75) is 25.4 Å². The van der Waals surface area contributed by atoms with Crippen molar-refractivity contribution in [2.75, 3.05) is 33.4 Å². The Bertz CT molecular complexity index is 363. The highest BCUT2D eigenvalue weighted by Gasteiger charge is 2.17. The van der Waals surface area contributed by atoms with Crippen LogP contribution in [-0.2, 0) is 11.3 Å². The van der Waals surface area contributed by atoms with E-state index in [1.165, 1.54) is 24.9 Å². The zero-order valence-corrected chi connectivity index (χ0v) is 13.2. The van der Waals surface area contributed by atoms with E-state index in [0.29, 0.717) is 6.04 Å². The Balaban J connectivity index is 1.89. The Morgan fingerprint density at radius 1 is 1.37 bits per heavy atom. The van der Waals surface area contributed by atoms with Crippen molar-refractivity contribution < 1.29 is 4.74 Å². The molecular weight excluding hydrogens is 304 g/mol. The number of nitrogens with zero attached hydrogens (tertiary/aromatic N) is 1. The molecule has 0 bridgehead atoms. The zero-order valence-electron chi connectivity index (χ0n) is 11.6. The van der Waals surface area contributed by atoms with Gasteiger partial charge in [0.2, 0.25) is 0 Å². The molecule has 0 amide bonds. The molecule has 1 aromatic rings. The third kappa shape index (κ3) is 5.22. The molecule has 1 fully saturated rings. The van der Waals surface area contributed by atoms with Gasteiger partial charge in [-0.1, -0.05) is 28.1 Å². The van der Waals surface area contributed by atoms with Crippen LogP contribution in [-0.4, -0.2) is 44.3 Å². The second-order valence-electron chi connectivity index (χ2n) is 5.15. The van der Waals surface area contributed by atoms with E-state index < -0.39 is 0 Å². The van der Waals surface area contributed by atoms with Gasteiger partial charge in [0.25, 0.3) is 0 Å². The van der Waals surface area contributed by atoms with Crippen molar-refractivity contribution in [1.29, 1.82) is 0 Å². The minimum atomic E-state index is 0.646. The van der Waals surface area contributed by atoms with Crippen LogP contribution in [0.5, 0.6) is 0 Å². The summed E-state index contributed by atoms with van der Waals surface area (Å²) in [5, 5.41) is 3.57. The van der Waals surface area contributed by atoms with Crippen LogP contribution in [0.15, 0.2) is 28.7 Å². The summed E-state index contributed by atoms with van der Waals surface area (Å²) >= 11 is 3.48. The van der Waals surface area contributed by atoms with Crippen LogP contribution in [0.4, 0.5) is 0 Å².